The van der Waals surface area contributed by atoms with Crippen molar-refractivity contribution < 1.29 is 0 Å². The summed E-state index contributed by atoms with van der Waals surface area (Å²) in [5.41, 5.74) is 2.36. The Hall–Kier alpha value is -1.39. The van der Waals surface area contributed by atoms with Crippen LogP contribution in [0.15, 0.2) is 24.3 Å². The molecule has 2 heterocycles. The van der Waals surface area contributed by atoms with E-state index < -0.39 is 0 Å². The van der Waals surface area contributed by atoms with Gasteiger partial charge >= 0.3 is 0 Å². The Kier molecular flexibility index (Phi) is 2.61. The van der Waals surface area contributed by atoms with Gasteiger partial charge in [0.25, 0.3) is 0 Å². The van der Waals surface area contributed by atoms with Gasteiger partial charge in [-0.25, -0.2) is 4.98 Å². The van der Waals surface area contributed by atoms with E-state index >= 15 is 0 Å². The first-order valence-electron chi connectivity index (χ1n) is 6.15. The maximum atomic E-state index is 4.57. The Morgan fingerprint density at radius 3 is 3.06 bits per heavy atom. The molecule has 0 bridgehead atoms. The van der Waals surface area contributed by atoms with Crippen LogP contribution in [0.1, 0.15) is 19.2 Å². The number of para-hydroxylation sites is 2. The van der Waals surface area contributed by atoms with Crippen molar-refractivity contribution in [3.63, 3.8) is 0 Å². The van der Waals surface area contributed by atoms with E-state index in [0.717, 1.165) is 36.5 Å². The molecule has 2 aromatic rings. The predicted octanol–water partition coefficient (Wildman–Crippen LogP) is 1.40. The van der Waals surface area contributed by atoms with Crippen LogP contribution in [-0.4, -0.2) is 28.6 Å². The number of hydrogen-bond donors (Lipinski definition) is 3. The Labute approximate surface area is 101 Å². The lowest BCUT2D eigenvalue weighted by molar-refractivity contribution is 0.381. The van der Waals surface area contributed by atoms with Crippen LogP contribution in [0.2, 0.25) is 0 Å². The molecule has 0 radical (unpaired) electrons. The summed E-state index contributed by atoms with van der Waals surface area (Å²) in [5, 5.41) is 6.96. The SMILES string of the molecule is CC1(NCc2nc3ccccc3[nH]2)CCNC1. The summed E-state index contributed by atoms with van der Waals surface area (Å²) in [6, 6.07) is 8.14. The fourth-order valence-corrected chi connectivity index (χ4v) is 2.35. The first-order valence-corrected chi connectivity index (χ1v) is 6.15. The molecular formula is C13H18N4. The normalized spacial score (nSPS) is 24.5. The van der Waals surface area contributed by atoms with E-state index in [4.69, 9.17) is 0 Å². The minimum Gasteiger partial charge on any atom is -0.341 e. The summed E-state index contributed by atoms with van der Waals surface area (Å²) in [7, 11) is 0. The Morgan fingerprint density at radius 1 is 1.41 bits per heavy atom. The van der Waals surface area contributed by atoms with Gasteiger partial charge in [0.05, 0.1) is 17.6 Å². The van der Waals surface area contributed by atoms with Crippen LogP contribution in [0.5, 0.6) is 0 Å². The molecule has 1 saturated heterocycles. The molecule has 4 heteroatoms. The zero-order chi connectivity index (χ0) is 11.7. The lowest BCUT2D eigenvalue weighted by Crippen LogP contribution is -2.43. The zero-order valence-corrected chi connectivity index (χ0v) is 10.1. The van der Waals surface area contributed by atoms with Crippen LogP contribution in [0, 0.1) is 0 Å². The molecule has 0 aliphatic carbocycles. The topological polar surface area (TPSA) is 52.7 Å². The third-order valence-corrected chi connectivity index (χ3v) is 3.49. The number of benzene rings is 1. The van der Waals surface area contributed by atoms with Gasteiger partial charge in [0.15, 0.2) is 0 Å². The molecule has 90 valence electrons. The van der Waals surface area contributed by atoms with E-state index in [-0.39, 0.29) is 5.54 Å². The maximum absolute atomic E-state index is 4.57. The molecule has 1 aliphatic heterocycles. The number of aromatic amines is 1. The standard InChI is InChI=1S/C13H18N4/c1-13(6-7-14-9-13)15-8-12-16-10-4-2-3-5-11(10)17-12/h2-5,14-15H,6-9H2,1H3,(H,16,17). The summed E-state index contributed by atoms with van der Waals surface area (Å²) < 4.78 is 0. The van der Waals surface area contributed by atoms with Crippen molar-refractivity contribution in [3.05, 3.63) is 30.1 Å². The van der Waals surface area contributed by atoms with Gasteiger partial charge in [-0.3, -0.25) is 0 Å². The number of aromatic nitrogens is 2. The average molecular weight is 230 g/mol. The van der Waals surface area contributed by atoms with E-state index in [1.807, 2.05) is 18.2 Å². The summed E-state index contributed by atoms with van der Waals surface area (Å²) in [4.78, 5) is 7.91. The van der Waals surface area contributed by atoms with Crippen molar-refractivity contribution >= 4 is 11.0 Å². The number of hydrogen-bond acceptors (Lipinski definition) is 3. The van der Waals surface area contributed by atoms with E-state index in [2.05, 4.69) is 33.6 Å². The van der Waals surface area contributed by atoms with Gasteiger partial charge in [-0.05, 0) is 32.0 Å². The second kappa shape index (κ2) is 4.13. The molecule has 17 heavy (non-hydrogen) atoms. The largest absolute Gasteiger partial charge is 0.341 e. The van der Waals surface area contributed by atoms with Crippen LogP contribution in [0.4, 0.5) is 0 Å². The van der Waals surface area contributed by atoms with Gasteiger partial charge in [0.1, 0.15) is 5.82 Å². The number of rotatable bonds is 3. The van der Waals surface area contributed by atoms with Crippen molar-refractivity contribution in [2.45, 2.75) is 25.4 Å². The Bertz CT molecular complexity index is 478. The molecule has 1 aromatic heterocycles. The van der Waals surface area contributed by atoms with E-state index in [1.54, 1.807) is 0 Å². The lowest BCUT2D eigenvalue weighted by Gasteiger charge is -2.23. The van der Waals surface area contributed by atoms with Gasteiger partial charge in [-0.1, -0.05) is 12.1 Å². The summed E-state index contributed by atoms with van der Waals surface area (Å²) in [6.45, 7) is 5.19. The molecule has 1 fully saturated rings. The average Bonchev–Trinajstić information content (AvgIpc) is 2.93. The Balaban J connectivity index is 1.72. The highest BCUT2D eigenvalue weighted by Crippen LogP contribution is 2.15. The van der Waals surface area contributed by atoms with Gasteiger partial charge < -0.3 is 15.6 Å². The molecule has 3 rings (SSSR count). The third-order valence-electron chi connectivity index (χ3n) is 3.49. The molecule has 1 aromatic carbocycles. The summed E-state index contributed by atoms with van der Waals surface area (Å²) in [5.74, 6) is 1.01. The number of nitrogens with one attached hydrogen (secondary N) is 3. The molecule has 1 atom stereocenters. The molecule has 3 N–H and O–H groups in total. The molecule has 1 unspecified atom stereocenters. The van der Waals surface area contributed by atoms with Crippen LogP contribution in [-0.2, 0) is 6.54 Å². The number of fused-ring (bicyclic) bond motifs is 1. The Morgan fingerprint density at radius 2 is 2.29 bits per heavy atom. The predicted molar refractivity (Wildman–Crippen MR) is 68.8 cm³/mol. The number of nitrogens with zero attached hydrogens (tertiary/aromatic N) is 1. The van der Waals surface area contributed by atoms with Crippen molar-refractivity contribution in [2.24, 2.45) is 0 Å². The number of imidazole rings is 1. The molecule has 0 spiro atoms. The van der Waals surface area contributed by atoms with E-state index in [9.17, 15) is 0 Å². The molecule has 0 amide bonds. The van der Waals surface area contributed by atoms with E-state index in [1.165, 1.54) is 6.42 Å². The maximum Gasteiger partial charge on any atom is 0.121 e. The van der Waals surface area contributed by atoms with Crippen LogP contribution in [0.3, 0.4) is 0 Å². The van der Waals surface area contributed by atoms with E-state index in [0.29, 0.717) is 0 Å². The van der Waals surface area contributed by atoms with Crippen molar-refractivity contribution in [2.75, 3.05) is 13.1 Å². The van der Waals surface area contributed by atoms with Gasteiger partial charge in [-0.15, -0.1) is 0 Å². The first kappa shape index (κ1) is 10.7. The molecule has 1 aliphatic rings. The molecule has 0 saturated carbocycles. The van der Waals surface area contributed by atoms with Crippen molar-refractivity contribution in [1.82, 2.24) is 20.6 Å². The highest BCUT2D eigenvalue weighted by Gasteiger charge is 2.27. The van der Waals surface area contributed by atoms with Crippen LogP contribution in [0.25, 0.3) is 11.0 Å². The van der Waals surface area contributed by atoms with Crippen LogP contribution >= 0.6 is 0 Å². The van der Waals surface area contributed by atoms with Gasteiger partial charge in [-0.2, -0.15) is 0 Å². The molecule has 4 nitrogen and oxygen atoms in total. The fourth-order valence-electron chi connectivity index (χ4n) is 2.35. The third kappa shape index (κ3) is 2.18. The minimum atomic E-state index is 0.207. The van der Waals surface area contributed by atoms with Crippen LogP contribution < -0.4 is 10.6 Å². The smallest absolute Gasteiger partial charge is 0.121 e. The minimum absolute atomic E-state index is 0.207. The fraction of sp³-hybridized carbons (Fsp3) is 0.462. The van der Waals surface area contributed by atoms with Gasteiger partial charge in [0.2, 0.25) is 0 Å². The lowest BCUT2D eigenvalue weighted by atomic mass is 10.0. The highest BCUT2D eigenvalue weighted by molar-refractivity contribution is 5.74. The zero-order valence-electron chi connectivity index (χ0n) is 10.1. The summed E-state index contributed by atoms with van der Waals surface area (Å²) >= 11 is 0. The highest BCUT2D eigenvalue weighted by atomic mass is 15.1. The van der Waals surface area contributed by atoms with Crippen molar-refractivity contribution in [3.8, 4) is 0 Å². The monoisotopic (exact) mass is 230 g/mol. The first-order chi connectivity index (χ1) is 8.25. The summed E-state index contributed by atoms with van der Waals surface area (Å²) in [6.07, 6.45) is 1.17. The molecular weight excluding hydrogens is 212 g/mol. The second-order valence-corrected chi connectivity index (χ2v) is 5.04. The van der Waals surface area contributed by atoms with Gasteiger partial charge in [0, 0.05) is 12.1 Å². The number of H-pyrrole nitrogens is 1. The second-order valence-electron chi connectivity index (χ2n) is 5.04. The van der Waals surface area contributed by atoms with Crippen molar-refractivity contribution in [1.29, 1.82) is 0 Å². The quantitative estimate of drug-likeness (QED) is 0.747.